The van der Waals surface area contributed by atoms with Crippen LogP contribution in [0.4, 0.5) is 0 Å². The quantitative estimate of drug-likeness (QED) is 0.681. The summed E-state index contributed by atoms with van der Waals surface area (Å²) in [4.78, 5) is 11.8. The van der Waals surface area contributed by atoms with Crippen LogP contribution in [0.15, 0.2) is 0 Å². The van der Waals surface area contributed by atoms with Gasteiger partial charge in [0, 0.05) is 12.5 Å². The van der Waals surface area contributed by atoms with Gasteiger partial charge in [0.05, 0.1) is 0 Å². The zero-order chi connectivity index (χ0) is 11.8. The highest BCUT2D eigenvalue weighted by molar-refractivity contribution is 5.78. The van der Waals surface area contributed by atoms with Crippen molar-refractivity contribution in [3.05, 3.63) is 0 Å². The summed E-state index contributed by atoms with van der Waals surface area (Å²) in [7, 11) is 0. The summed E-state index contributed by atoms with van der Waals surface area (Å²) in [5, 5.41) is 3.04. The summed E-state index contributed by atoms with van der Waals surface area (Å²) in [6.07, 6.45) is 7.85. The number of unbranched alkanes of at least 4 members (excludes halogenated alkanes) is 1. The Kier molecular flexibility index (Phi) is 6.46. The van der Waals surface area contributed by atoms with E-state index in [0.717, 1.165) is 51.1 Å². The van der Waals surface area contributed by atoms with Crippen LogP contribution in [0.1, 0.15) is 51.9 Å². The van der Waals surface area contributed by atoms with Gasteiger partial charge in [0.15, 0.2) is 0 Å². The Bertz CT molecular complexity index is 198. The summed E-state index contributed by atoms with van der Waals surface area (Å²) in [6, 6.07) is 0. The summed E-state index contributed by atoms with van der Waals surface area (Å²) in [5.41, 5.74) is 5.56. The largest absolute Gasteiger partial charge is 0.356 e. The molecule has 94 valence electrons. The minimum atomic E-state index is 0.269. The van der Waals surface area contributed by atoms with E-state index < -0.39 is 0 Å². The molecular formula is C13H26N2O. The molecule has 1 aliphatic rings. The second-order valence-electron chi connectivity index (χ2n) is 4.94. The Morgan fingerprint density at radius 3 is 2.56 bits per heavy atom. The van der Waals surface area contributed by atoms with E-state index in [1.807, 2.05) is 0 Å². The third kappa shape index (κ3) is 4.52. The van der Waals surface area contributed by atoms with Crippen molar-refractivity contribution in [3.8, 4) is 0 Å². The van der Waals surface area contributed by atoms with Gasteiger partial charge in [0.2, 0.25) is 5.91 Å². The van der Waals surface area contributed by atoms with E-state index in [2.05, 4.69) is 12.2 Å². The molecule has 0 aromatic rings. The average Bonchev–Trinajstić information content (AvgIpc) is 2.30. The molecule has 0 heterocycles. The predicted octanol–water partition coefficient (Wildman–Crippen LogP) is 2.06. The lowest BCUT2D eigenvalue weighted by atomic mass is 9.80. The summed E-state index contributed by atoms with van der Waals surface area (Å²) in [5.74, 6) is 1.32. The number of amides is 1. The zero-order valence-electron chi connectivity index (χ0n) is 10.5. The molecule has 3 nitrogen and oxygen atoms in total. The molecule has 1 fully saturated rings. The number of hydrogen-bond acceptors (Lipinski definition) is 2. The molecule has 1 aliphatic carbocycles. The molecule has 1 rings (SSSR count). The van der Waals surface area contributed by atoms with Gasteiger partial charge in [-0.1, -0.05) is 13.3 Å². The maximum atomic E-state index is 11.8. The monoisotopic (exact) mass is 226 g/mol. The molecule has 0 aromatic heterocycles. The van der Waals surface area contributed by atoms with Crippen LogP contribution in [-0.4, -0.2) is 19.0 Å². The third-order valence-corrected chi connectivity index (χ3v) is 3.62. The van der Waals surface area contributed by atoms with Crippen LogP contribution in [0.5, 0.6) is 0 Å². The Morgan fingerprint density at radius 1 is 1.31 bits per heavy atom. The Morgan fingerprint density at radius 2 is 2.00 bits per heavy atom. The van der Waals surface area contributed by atoms with Crippen molar-refractivity contribution in [2.24, 2.45) is 17.6 Å². The van der Waals surface area contributed by atoms with E-state index in [1.54, 1.807) is 0 Å². The van der Waals surface area contributed by atoms with E-state index >= 15 is 0 Å². The van der Waals surface area contributed by atoms with E-state index in [-0.39, 0.29) is 11.8 Å². The number of carbonyl (C=O) groups excluding carboxylic acids is 1. The first-order valence-corrected chi connectivity index (χ1v) is 6.75. The molecule has 0 saturated heterocycles. The van der Waals surface area contributed by atoms with Crippen LogP contribution >= 0.6 is 0 Å². The molecule has 3 heteroatoms. The van der Waals surface area contributed by atoms with Crippen LogP contribution < -0.4 is 11.1 Å². The first-order chi connectivity index (χ1) is 7.77. The van der Waals surface area contributed by atoms with Crippen molar-refractivity contribution >= 4 is 5.91 Å². The first kappa shape index (κ1) is 13.5. The maximum absolute atomic E-state index is 11.8. The molecule has 16 heavy (non-hydrogen) atoms. The molecule has 3 N–H and O–H groups in total. The standard InChI is InChI=1S/C13H26N2O/c1-2-3-10-15-13(16)12-6-4-11(5-7-12)8-9-14/h11-12H,2-10,14H2,1H3,(H,15,16). The molecule has 1 amide bonds. The average molecular weight is 226 g/mol. The Hall–Kier alpha value is -0.570. The number of rotatable bonds is 6. The number of carbonyl (C=O) groups is 1. The lowest BCUT2D eigenvalue weighted by molar-refractivity contribution is -0.126. The number of nitrogens with one attached hydrogen (secondary N) is 1. The second kappa shape index (κ2) is 7.66. The van der Waals surface area contributed by atoms with E-state index in [0.29, 0.717) is 0 Å². The lowest BCUT2D eigenvalue weighted by Gasteiger charge is -2.27. The van der Waals surface area contributed by atoms with Gasteiger partial charge in [0.1, 0.15) is 0 Å². The Labute approximate surface area is 99.2 Å². The van der Waals surface area contributed by atoms with Crippen molar-refractivity contribution in [2.45, 2.75) is 51.9 Å². The van der Waals surface area contributed by atoms with Crippen LogP contribution in [0.25, 0.3) is 0 Å². The number of nitrogens with two attached hydrogens (primary N) is 1. The normalized spacial score (nSPS) is 25.4. The predicted molar refractivity (Wildman–Crippen MR) is 67.0 cm³/mol. The van der Waals surface area contributed by atoms with Crippen LogP contribution in [0.3, 0.4) is 0 Å². The smallest absolute Gasteiger partial charge is 0.223 e. The maximum Gasteiger partial charge on any atom is 0.223 e. The van der Waals surface area contributed by atoms with Crippen molar-refractivity contribution in [1.82, 2.24) is 5.32 Å². The molecule has 1 saturated carbocycles. The van der Waals surface area contributed by atoms with Crippen molar-refractivity contribution in [2.75, 3.05) is 13.1 Å². The van der Waals surface area contributed by atoms with Gasteiger partial charge < -0.3 is 11.1 Å². The fourth-order valence-corrected chi connectivity index (χ4v) is 2.48. The molecular weight excluding hydrogens is 200 g/mol. The summed E-state index contributed by atoms with van der Waals surface area (Å²) in [6.45, 7) is 3.78. The van der Waals surface area contributed by atoms with Crippen LogP contribution in [-0.2, 0) is 4.79 Å². The van der Waals surface area contributed by atoms with Gasteiger partial charge >= 0.3 is 0 Å². The third-order valence-electron chi connectivity index (χ3n) is 3.62. The van der Waals surface area contributed by atoms with Crippen molar-refractivity contribution in [1.29, 1.82) is 0 Å². The fraction of sp³-hybridized carbons (Fsp3) is 0.923. The first-order valence-electron chi connectivity index (χ1n) is 6.75. The highest BCUT2D eigenvalue weighted by Gasteiger charge is 2.25. The van der Waals surface area contributed by atoms with Gasteiger partial charge in [-0.25, -0.2) is 0 Å². The van der Waals surface area contributed by atoms with Crippen LogP contribution in [0, 0.1) is 11.8 Å². The number of hydrogen-bond donors (Lipinski definition) is 2. The van der Waals surface area contributed by atoms with E-state index in [4.69, 9.17) is 5.73 Å². The molecule has 0 atom stereocenters. The van der Waals surface area contributed by atoms with Gasteiger partial charge in [-0.15, -0.1) is 0 Å². The second-order valence-corrected chi connectivity index (χ2v) is 4.94. The minimum absolute atomic E-state index is 0.269. The van der Waals surface area contributed by atoms with Crippen LogP contribution in [0.2, 0.25) is 0 Å². The molecule has 0 aliphatic heterocycles. The molecule has 0 aromatic carbocycles. The van der Waals surface area contributed by atoms with E-state index in [1.165, 1.54) is 12.8 Å². The topological polar surface area (TPSA) is 55.1 Å². The Balaban J connectivity index is 2.17. The molecule has 0 spiro atoms. The molecule has 0 unspecified atom stereocenters. The van der Waals surface area contributed by atoms with E-state index in [9.17, 15) is 4.79 Å². The van der Waals surface area contributed by atoms with Crippen molar-refractivity contribution < 1.29 is 4.79 Å². The minimum Gasteiger partial charge on any atom is -0.356 e. The highest BCUT2D eigenvalue weighted by Crippen LogP contribution is 2.30. The van der Waals surface area contributed by atoms with Crippen molar-refractivity contribution in [3.63, 3.8) is 0 Å². The SMILES string of the molecule is CCCCNC(=O)C1CCC(CCN)CC1. The zero-order valence-corrected chi connectivity index (χ0v) is 10.5. The highest BCUT2D eigenvalue weighted by atomic mass is 16.1. The van der Waals surface area contributed by atoms with Gasteiger partial charge in [-0.05, 0) is 51.0 Å². The fourth-order valence-electron chi connectivity index (χ4n) is 2.48. The van der Waals surface area contributed by atoms with Gasteiger partial charge in [0.25, 0.3) is 0 Å². The summed E-state index contributed by atoms with van der Waals surface area (Å²) >= 11 is 0. The van der Waals surface area contributed by atoms with Gasteiger partial charge in [-0.3, -0.25) is 4.79 Å². The summed E-state index contributed by atoms with van der Waals surface area (Å²) < 4.78 is 0. The lowest BCUT2D eigenvalue weighted by Crippen LogP contribution is -2.34. The molecule has 0 radical (unpaired) electrons. The van der Waals surface area contributed by atoms with Gasteiger partial charge in [-0.2, -0.15) is 0 Å². The molecule has 0 bridgehead atoms.